The summed E-state index contributed by atoms with van der Waals surface area (Å²) < 4.78 is 5.31. The molecule has 1 aromatic carbocycles. The number of carbonyl (C=O) groups excluding carboxylic acids is 2. The van der Waals surface area contributed by atoms with E-state index in [-0.39, 0.29) is 12.5 Å². The Hall–Kier alpha value is -2.77. The van der Waals surface area contributed by atoms with Crippen molar-refractivity contribution < 1.29 is 14.3 Å². The summed E-state index contributed by atoms with van der Waals surface area (Å²) in [5.74, 6) is 0.490. The van der Waals surface area contributed by atoms with Crippen molar-refractivity contribution in [3.05, 3.63) is 29.8 Å². The number of fused-ring (bicyclic) bond motifs is 1. The van der Waals surface area contributed by atoms with Crippen LogP contribution in [0.15, 0.2) is 29.3 Å². The number of para-hydroxylation sites is 1. The highest BCUT2D eigenvalue weighted by Crippen LogP contribution is 2.26. The fourth-order valence-corrected chi connectivity index (χ4v) is 3.20. The van der Waals surface area contributed by atoms with E-state index in [9.17, 15) is 9.59 Å². The first-order valence-corrected chi connectivity index (χ1v) is 10.3. The molecule has 3 N–H and O–H groups in total. The van der Waals surface area contributed by atoms with Crippen LogP contribution in [0.25, 0.3) is 0 Å². The van der Waals surface area contributed by atoms with Gasteiger partial charge in [-0.3, -0.25) is 9.79 Å². The molecular formula is C22H35N5O3. The van der Waals surface area contributed by atoms with Gasteiger partial charge in [0.1, 0.15) is 5.60 Å². The van der Waals surface area contributed by atoms with E-state index in [0.717, 1.165) is 25.1 Å². The van der Waals surface area contributed by atoms with Gasteiger partial charge < -0.3 is 25.6 Å². The molecule has 1 aliphatic rings. The van der Waals surface area contributed by atoms with Crippen LogP contribution in [0.4, 0.5) is 10.5 Å². The standard InChI is InChI=1S/C22H35N5O3/c1-21(2,3)30-20(29)26-22(4,5)15-25-19(23-6)24-14-18(28)27-13-9-11-16-10-7-8-12-17(16)27/h7-8,10,12H,9,11,13-15H2,1-6H3,(H,26,29)(H2,23,24,25). The van der Waals surface area contributed by atoms with Crippen molar-refractivity contribution in [2.24, 2.45) is 4.99 Å². The summed E-state index contributed by atoms with van der Waals surface area (Å²) in [6.07, 6.45) is 1.48. The molecule has 0 aliphatic carbocycles. The molecule has 2 amide bonds. The Morgan fingerprint density at radius 3 is 2.50 bits per heavy atom. The molecule has 0 radical (unpaired) electrons. The Labute approximate surface area is 179 Å². The van der Waals surface area contributed by atoms with Crippen molar-refractivity contribution in [3.8, 4) is 0 Å². The van der Waals surface area contributed by atoms with Gasteiger partial charge in [-0.1, -0.05) is 18.2 Å². The molecule has 30 heavy (non-hydrogen) atoms. The van der Waals surface area contributed by atoms with Crippen LogP contribution < -0.4 is 20.9 Å². The average molecular weight is 418 g/mol. The predicted octanol–water partition coefficient (Wildman–Crippen LogP) is 2.43. The Morgan fingerprint density at radius 1 is 1.13 bits per heavy atom. The third-order valence-corrected chi connectivity index (χ3v) is 4.58. The maximum absolute atomic E-state index is 12.8. The maximum atomic E-state index is 12.8. The molecule has 1 heterocycles. The molecule has 1 aliphatic heterocycles. The SMILES string of the molecule is CN=C(NCC(=O)N1CCCc2ccccc21)NCC(C)(C)NC(=O)OC(C)(C)C. The number of nitrogens with zero attached hydrogens (tertiary/aromatic N) is 2. The number of hydrogen-bond donors (Lipinski definition) is 3. The third-order valence-electron chi connectivity index (χ3n) is 4.58. The summed E-state index contributed by atoms with van der Waals surface area (Å²) in [6.45, 7) is 10.5. The van der Waals surface area contributed by atoms with E-state index in [1.54, 1.807) is 7.05 Å². The lowest BCUT2D eigenvalue weighted by atomic mass is 10.0. The molecule has 0 aromatic heterocycles. The van der Waals surface area contributed by atoms with Crippen molar-refractivity contribution in [3.63, 3.8) is 0 Å². The molecule has 0 atom stereocenters. The highest BCUT2D eigenvalue weighted by Gasteiger charge is 2.25. The Morgan fingerprint density at radius 2 is 1.83 bits per heavy atom. The van der Waals surface area contributed by atoms with Gasteiger partial charge in [0, 0.05) is 25.8 Å². The van der Waals surface area contributed by atoms with Crippen molar-refractivity contribution in [2.45, 2.75) is 58.6 Å². The fraction of sp³-hybridized carbons (Fsp3) is 0.591. The first kappa shape index (κ1) is 23.5. The second-order valence-corrected chi connectivity index (χ2v) is 9.07. The lowest BCUT2D eigenvalue weighted by molar-refractivity contribution is -0.117. The van der Waals surface area contributed by atoms with Gasteiger partial charge in [0.15, 0.2) is 5.96 Å². The molecule has 166 valence electrons. The van der Waals surface area contributed by atoms with Crippen molar-refractivity contribution in [1.82, 2.24) is 16.0 Å². The lowest BCUT2D eigenvalue weighted by Crippen LogP contribution is -2.55. The van der Waals surface area contributed by atoms with E-state index in [1.165, 1.54) is 5.56 Å². The third kappa shape index (κ3) is 7.24. The van der Waals surface area contributed by atoms with Gasteiger partial charge in [-0.15, -0.1) is 0 Å². The number of nitrogens with one attached hydrogen (secondary N) is 3. The van der Waals surface area contributed by atoms with Gasteiger partial charge in [0.25, 0.3) is 0 Å². The van der Waals surface area contributed by atoms with Crippen molar-refractivity contribution >= 4 is 23.6 Å². The van der Waals surface area contributed by atoms with Crippen LogP contribution in [0.3, 0.4) is 0 Å². The molecule has 0 bridgehead atoms. The maximum Gasteiger partial charge on any atom is 0.408 e. The minimum atomic E-state index is -0.574. The molecule has 0 saturated carbocycles. The first-order valence-electron chi connectivity index (χ1n) is 10.3. The first-order chi connectivity index (χ1) is 14.0. The number of carbonyl (C=O) groups is 2. The number of aryl methyl sites for hydroxylation is 1. The van der Waals surface area contributed by atoms with Crippen molar-refractivity contribution in [2.75, 3.05) is 31.6 Å². The summed E-state index contributed by atoms with van der Waals surface area (Å²) >= 11 is 0. The molecule has 1 aromatic rings. The summed E-state index contributed by atoms with van der Waals surface area (Å²) in [5, 5.41) is 9.06. The summed E-state index contributed by atoms with van der Waals surface area (Å²) in [6, 6.07) is 8.02. The number of hydrogen-bond acceptors (Lipinski definition) is 4. The number of benzene rings is 1. The van der Waals surface area contributed by atoms with E-state index in [1.807, 2.05) is 57.7 Å². The second-order valence-electron chi connectivity index (χ2n) is 9.07. The predicted molar refractivity (Wildman–Crippen MR) is 120 cm³/mol. The Bertz CT molecular complexity index is 783. The van der Waals surface area contributed by atoms with Gasteiger partial charge in [-0.2, -0.15) is 0 Å². The summed E-state index contributed by atoms with van der Waals surface area (Å²) in [4.78, 5) is 30.8. The number of rotatable bonds is 5. The number of ether oxygens (including phenoxy) is 1. The zero-order valence-corrected chi connectivity index (χ0v) is 19.0. The second kappa shape index (κ2) is 9.82. The average Bonchev–Trinajstić information content (AvgIpc) is 2.65. The minimum Gasteiger partial charge on any atom is -0.444 e. The van der Waals surface area contributed by atoms with E-state index < -0.39 is 17.2 Å². The normalized spacial score (nSPS) is 14.6. The minimum absolute atomic E-state index is 0.00348. The highest BCUT2D eigenvalue weighted by molar-refractivity contribution is 5.98. The van der Waals surface area contributed by atoms with Crippen LogP contribution in [0.1, 0.15) is 46.6 Å². The molecule has 0 saturated heterocycles. The van der Waals surface area contributed by atoms with E-state index in [2.05, 4.69) is 27.0 Å². The van der Waals surface area contributed by atoms with Gasteiger partial charge in [0.05, 0.1) is 12.1 Å². The fourth-order valence-electron chi connectivity index (χ4n) is 3.20. The van der Waals surface area contributed by atoms with Gasteiger partial charge in [0.2, 0.25) is 5.91 Å². The number of guanidine groups is 1. The van der Waals surface area contributed by atoms with Crippen LogP contribution in [-0.2, 0) is 16.0 Å². The number of amides is 2. The monoisotopic (exact) mass is 417 g/mol. The smallest absolute Gasteiger partial charge is 0.408 e. The topological polar surface area (TPSA) is 95.1 Å². The number of aliphatic imine (C=N–C) groups is 1. The zero-order valence-electron chi connectivity index (χ0n) is 19.0. The van der Waals surface area contributed by atoms with Crippen LogP contribution in [0.2, 0.25) is 0 Å². The molecule has 8 heteroatoms. The Kier molecular flexibility index (Phi) is 7.70. The summed E-state index contributed by atoms with van der Waals surface area (Å²) in [5.41, 5.74) is 1.06. The molecule has 0 unspecified atom stereocenters. The largest absolute Gasteiger partial charge is 0.444 e. The molecular weight excluding hydrogens is 382 g/mol. The number of anilines is 1. The molecule has 2 rings (SSSR count). The van der Waals surface area contributed by atoms with Gasteiger partial charge in [-0.05, 0) is 59.1 Å². The Balaban J connectivity index is 1.85. The van der Waals surface area contributed by atoms with Crippen LogP contribution >= 0.6 is 0 Å². The summed E-state index contributed by atoms with van der Waals surface area (Å²) in [7, 11) is 1.64. The molecule has 0 fully saturated rings. The molecule has 0 spiro atoms. The van der Waals surface area contributed by atoms with Gasteiger partial charge >= 0.3 is 6.09 Å². The quantitative estimate of drug-likeness (QED) is 0.505. The van der Waals surface area contributed by atoms with E-state index in [0.29, 0.717) is 12.5 Å². The lowest BCUT2D eigenvalue weighted by Gasteiger charge is -2.30. The molecule has 8 nitrogen and oxygen atoms in total. The zero-order chi connectivity index (χ0) is 22.4. The van der Waals surface area contributed by atoms with Crippen LogP contribution in [-0.4, -0.2) is 55.8 Å². The highest BCUT2D eigenvalue weighted by atomic mass is 16.6. The van der Waals surface area contributed by atoms with Crippen LogP contribution in [0.5, 0.6) is 0 Å². The number of alkyl carbamates (subject to hydrolysis) is 1. The van der Waals surface area contributed by atoms with E-state index >= 15 is 0 Å². The van der Waals surface area contributed by atoms with E-state index in [4.69, 9.17) is 4.74 Å². The van der Waals surface area contributed by atoms with Gasteiger partial charge in [-0.25, -0.2) is 4.79 Å². The van der Waals surface area contributed by atoms with Crippen LogP contribution in [0, 0.1) is 0 Å². The van der Waals surface area contributed by atoms with Crippen molar-refractivity contribution in [1.29, 1.82) is 0 Å².